The zero-order chi connectivity index (χ0) is 13.9. The van der Waals surface area contributed by atoms with Gasteiger partial charge in [-0.05, 0) is 34.5 Å². The number of alkyl halides is 1. The zero-order valence-corrected chi connectivity index (χ0v) is 13.0. The summed E-state index contributed by atoms with van der Waals surface area (Å²) >= 11 is 14.3. The van der Waals surface area contributed by atoms with Gasteiger partial charge in [0.25, 0.3) is 0 Å². The molecule has 0 aromatic heterocycles. The highest BCUT2D eigenvalue weighted by molar-refractivity contribution is 7.99. The van der Waals surface area contributed by atoms with Gasteiger partial charge < -0.3 is 0 Å². The molecule has 0 spiro atoms. The third-order valence-electron chi connectivity index (χ3n) is 3.16. The molecule has 3 aromatic carbocycles. The van der Waals surface area contributed by atoms with Crippen molar-refractivity contribution in [3.8, 4) is 0 Å². The molecule has 20 heavy (non-hydrogen) atoms. The molecule has 0 unspecified atom stereocenters. The molecule has 0 saturated carbocycles. The standard InChI is InChI=1S/C17H12Cl2S/c18-11-15-14-9-5-4-6-12(14)10-16(17(15)19)20-13-7-2-1-3-8-13/h1-10H,11H2. The maximum atomic E-state index is 6.53. The summed E-state index contributed by atoms with van der Waals surface area (Å²) in [6.07, 6.45) is 0. The molecule has 100 valence electrons. The zero-order valence-electron chi connectivity index (χ0n) is 10.6. The first-order chi connectivity index (χ1) is 9.79. The molecule has 3 rings (SSSR count). The summed E-state index contributed by atoms with van der Waals surface area (Å²) in [6, 6.07) is 20.6. The van der Waals surface area contributed by atoms with Crippen LogP contribution in [0.25, 0.3) is 10.8 Å². The van der Waals surface area contributed by atoms with Crippen molar-refractivity contribution in [1.29, 1.82) is 0 Å². The highest BCUT2D eigenvalue weighted by atomic mass is 35.5. The summed E-state index contributed by atoms with van der Waals surface area (Å²) < 4.78 is 0. The van der Waals surface area contributed by atoms with Crippen LogP contribution in [0, 0.1) is 0 Å². The van der Waals surface area contributed by atoms with E-state index in [1.54, 1.807) is 11.8 Å². The monoisotopic (exact) mass is 318 g/mol. The number of benzene rings is 3. The Kier molecular flexibility index (Phi) is 4.21. The first kappa shape index (κ1) is 13.8. The Balaban J connectivity index is 2.14. The lowest BCUT2D eigenvalue weighted by Gasteiger charge is -2.11. The van der Waals surface area contributed by atoms with E-state index in [1.165, 1.54) is 10.3 Å². The number of hydrogen-bond donors (Lipinski definition) is 0. The van der Waals surface area contributed by atoms with Crippen LogP contribution in [0.15, 0.2) is 70.5 Å². The quantitative estimate of drug-likeness (QED) is 0.504. The van der Waals surface area contributed by atoms with E-state index in [0.717, 1.165) is 20.9 Å². The van der Waals surface area contributed by atoms with Gasteiger partial charge in [0.05, 0.1) is 5.02 Å². The van der Waals surface area contributed by atoms with Crippen molar-refractivity contribution >= 4 is 45.7 Å². The normalized spacial score (nSPS) is 10.9. The van der Waals surface area contributed by atoms with Crippen LogP contribution in [-0.4, -0.2) is 0 Å². The first-order valence-corrected chi connectivity index (χ1v) is 8.01. The van der Waals surface area contributed by atoms with Crippen LogP contribution in [0.3, 0.4) is 0 Å². The summed E-state index contributed by atoms with van der Waals surface area (Å²) in [7, 11) is 0. The van der Waals surface area contributed by atoms with Crippen molar-refractivity contribution in [3.05, 3.63) is 71.2 Å². The van der Waals surface area contributed by atoms with Crippen molar-refractivity contribution in [3.63, 3.8) is 0 Å². The number of halogens is 2. The third kappa shape index (κ3) is 2.67. The highest BCUT2D eigenvalue weighted by Gasteiger charge is 2.12. The molecule has 0 bridgehead atoms. The fourth-order valence-electron chi connectivity index (χ4n) is 2.19. The highest BCUT2D eigenvalue weighted by Crippen LogP contribution is 2.39. The maximum absolute atomic E-state index is 6.53. The van der Waals surface area contributed by atoms with Gasteiger partial charge in [0.15, 0.2) is 0 Å². The fraction of sp³-hybridized carbons (Fsp3) is 0.0588. The Labute approximate surface area is 132 Å². The summed E-state index contributed by atoms with van der Waals surface area (Å²) in [6.45, 7) is 0. The second-order valence-electron chi connectivity index (χ2n) is 4.44. The fourth-order valence-corrected chi connectivity index (χ4v) is 3.82. The van der Waals surface area contributed by atoms with E-state index in [9.17, 15) is 0 Å². The summed E-state index contributed by atoms with van der Waals surface area (Å²) in [4.78, 5) is 2.22. The topological polar surface area (TPSA) is 0 Å². The van der Waals surface area contributed by atoms with Crippen LogP contribution in [-0.2, 0) is 5.88 Å². The molecule has 0 radical (unpaired) electrons. The Morgan fingerprint density at radius 1 is 0.900 bits per heavy atom. The van der Waals surface area contributed by atoms with Crippen molar-refractivity contribution in [1.82, 2.24) is 0 Å². The second-order valence-corrected chi connectivity index (χ2v) is 6.20. The Morgan fingerprint density at radius 3 is 2.35 bits per heavy atom. The largest absolute Gasteiger partial charge is 0.121 e. The van der Waals surface area contributed by atoms with E-state index in [2.05, 4.69) is 30.3 Å². The predicted octanol–water partition coefficient (Wildman–Crippen LogP) is 6.38. The molecule has 0 aliphatic heterocycles. The Morgan fingerprint density at radius 2 is 1.60 bits per heavy atom. The second kappa shape index (κ2) is 6.09. The molecule has 0 heterocycles. The van der Waals surface area contributed by atoms with Crippen LogP contribution in [0.2, 0.25) is 5.02 Å². The van der Waals surface area contributed by atoms with Crippen LogP contribution < -0.4 is 0 Å². The molecule has 0 saturated heterocycles. The van der Waals surface area contributed by atoms with E-state index in [1.807, 2.05) is 30.3 Å². The molecule has 3 aromatic rings. The maximum Gasteiger partial charge on any atom is 0.0596 e. The first-order valence-electron chi connectivity index (χ1n) is 6.28. The molecule has 0 nitrogen and oxygen atoms in total. The number of fused-ring (bicyclic) bond motifs is 1. The molecule has 0 N–H and O–H groups in total. The van der Waals surface area contributed by atoms with Gasteiger partial charge in [-0.3, -0.25) is 0 Å². The molecule has 0 atom stereocenters. The third-order valence-corrected chi connectivity index (χ3v) is 5.02. The van der Waals surface area contributed by atoms with E-state index < -0.39 is 0 Å². The average Bonchev–Trinajstić information content (AvgIpc) is 2.49. The lowest BCUT2D eigenvalue weighted by Crippen LogP contribution is -1.88. The van der Waals surface area contributed by atoms with Crippen molar-refractivity contribution in [2.24, 2.45) is 0 Å². The summed E-state index contributed by atoms with van der Waals surface area (Å²) in [5.74, 6) is 0.419. The molecule has 3 heteroatoms. The van der Waals surface area contributed by atoms with Gasteiger partial charge in [-0.1, -0.05) is 65.8 Å². The number of rotatable bonds is 3. The van der Waals surface area contributed by atoms with Crippen molar-refractivity contribution < 1.29 is 0 Å². The molecular formula is C17H12Cl2S. The van der Waals surface area contributed by atoms with Gasteiger partial charge in [0.2, 0.25) is 0 Å². The lowest BCUT2D eigenvalue weighted by atomic mass is 10.1. The molecule has 0 fully saturated rings. The smallest absolute Gasteiger partial charge is 0.0596 e. The van der Waals surface area contributed by atoms with E-state index in [-0.39, 0.29) is 0 Å². The van der Waals surface area contributed by atoms with E-state index >= 15 is 0 Å². The van der Waals surface area contributed by atoms with Gasteiger partial charge in [-0.25, -0.2) is 0 Å². The van der Waals surface area contributed by atoms with Crippen LogP contribution >= 0.6 is 35.0 Å². The molecule has 0 amide bonds. The summed E-state index contributed by atoms with van der Waals surface area (Å²) in [5.41, 5.74) is 1.00. The van der Waals surface area contributed by atoms with E-state index in [0.29, 0.717) is 5.88 Å². The van der Waals surface area contributed by atoms with Gasteiger partial charge in [-0.2, -0.15) is 0 Å². The molecular weight excluding hydrogens is 307 g/mol. The van der Waals surface area contributed by atoms with Crippen molar-refractivity contribution in [2.75, 3.05) is 0 Å². The molecule has 0 aliphatic carbocycles. The van der Waals surface area contributed by atoms with Crippen molar-refractivity contribution in [2.45, 2.75) is 15.7 Å². The minimum Gasteiger partial charge on any atom is -0.121 e. The SMILES string of the molecule is ClCc1c(Cl)c(Sc2ccccc2)cc2ccccc12. The van der Waals surface area contributed by atoms with Crippen LogP contribution in [0.5, 0.6) is 0 Å². The predicted molar refractivity (Wildman–Crippen MR) is 89.1 cm³/mol. The van der Waals surface area contributed by atoms with E-state index in [4.69, 9.17) is 23.2 Å². The molecule has 0 aliphatic rings. The Bertz CT molecular complexity index is 739. The summed E-state index contributed by atoms with van der Waals surface area (Å²) in [5, 5.41) is 3.06. The van der Waals surface area contributed by atoms with Gasteiger partial charge >= 0.3 is 0 Å². The Hall–Kier alpha value is -1.15. The van der Waals surface area contributed by atoms with Crippen LogP contribution in [0.1, 0.15) is 5.56 Å². The minimum atomic E-state index is 0.419. The number of hydrogen-bond acceptors (Lipinski definition) is 1. The van der Waals surface area contributed by atoms with Gasteiger partial charge in [0, 0.05) is 15.7 Å². The average molecular weight is 319 g/mol. The van der Waals surface area contributed by atoms with Crippen LogP contribution in [0.4, 0.5) is 0 Å². The lowest BCUT2D eigenvalue weighted by molar-refractivity contribution is 1.35. The van der Waals surface area contributed by atoms with Gasteiger partial charge in [0.1, 0.15) is 0 Å². The minimum absolute atomic E-state index is 0.419. The van der Waals surface area contributed by atoms with Gasteiger partial charge in [-0.15, -0.1) is 11.6 Å².